The maximum atomic E-state index is 13.2. The summed E-state index contributed by atoms with van der Waals surface area (Å²) < 4.78 is 0. The molecule has 3 heteroatoms. The molecule has 21 heavy (non-hydrogen) atoms. The number of hydrogen-bond donors (Lipinski definition) is 1. The zero-order valence-corrected chi connectivity index (χ0v) is 13.0. The minimum atomic E-state index is -0.159. The molecule has 2 aliphatic carbocycles. The van der Waals surface area contributed by atoms with Crippen molar-refractivity contribution in [2.45, 2.75) is 64.5 Å². The van der Waals surface area contributed by atoms with Crippen molar-refractivity contribution in [1.82, 2.24) is 0 Å². The van der Waals surface area contributed by atoms with Crippen molar-refractivity contribution in [3.05, 3.63) is 29.8 Å². The highest BCUT2D eigenvalue weighted by Crippen LogP contribution is 2.42. The van der Waals surface area contributed by atoms with E-state index in [9.17, 15) is 4.79 Å². The topological polar surface area (TPSA) is 46.3 Å². The van der Waals surface area contributed by atoms with E-state index in [4.69, 9.17) is 5.73 Å². The van der Waals surface area contributed by atoms with Crippen LogP contribution >= 0.6 is 0 Å². The lowest BCUT2D eigenvalue weighted by Crippen LogP contribution is -2.45. The van der Waals surface area contributed by atoms with Gasteiger partial charge in [0.2, 0.25) is 5.91 Å². The smallest absolute Gasteiger partial charge is 0.233 e. The summed E-state index contributed by atoms with van der Waals surface area (Å²) in [4.78, 5) is 15.2. The molecule has 2 aliphatic rings. The Kier molecular flexibility index (Phi) is 4.03. The Balaban J connectivity index is 1.85. The second kappa shape index (κ2) is 5.80. The van der Waals surface area contributed by atoms with Crippen LogP contribution in [0, 0.1) is 5.41 Å². The molecule has 1 aromatic carbocycles. The molecule has 0 unspecified atom stereocenters. The summed E-state index contributed by atoms with van der Waals surface area (Å²) >= 11 is 0. The lowest BCUT2D eigenvalue weighted by molar-refractivity contribution is -0.129. The van der Waals surface area contributed by atoms with Gasteiger partial charge in [-0.05, 0) is 43.4 Å². The largest absolute Gasteiger partial charge is 0.326 e. The number of rotatable bonds is 4. The predicted octanol–water partition coefficient (Wildman–Crippen LogP) is 3.61. The maximum absolute atomic E-state index is 13.2. The van der Waals surface area contributed by atoms with Crippen molar-refractivity contribution in [3.8, 4) is 0 Å². The van der Waals surface area contributed by atoms with Crippen LogP contribution < -0.4 is 10.6 Å². The summed E-state index contributed by atoms with van der Waals surface area (Å²) in [6.07, 6.45) is 8.00. The minimum Gasteiger partial charge on any atom is -0.326 e. The first-order chi connectivity index (χ1) is 10.1. The van der Waals surface area contributed by atoms with Gasteiger partial charge in [-0.2, -0.15) is 0 Å². The molecule has 0 aromatic heterocycles. The van der Waals surface area contributed by atoms with Gasteiger partial charge in [0.15, 0.2) is 0 Å². The zero-order valence-electron chi connectivity index (χ0n) is 13.0. The van der Waals surface area contributed by atoms with E-state index in [-0.39, 0.29) is 5.41 Å². The second-order valence-corrected chi connectivity index (χ2v) is 6.90. The molecule has 0 saturated heterocycles. The molecular formula is C18H26N2O. The Morgan fingerprint density at radius 2 is 1.81 bits per heavy atom. The quantitative estimate of drug-likeness (QED) is 0.919. The first-order valence-corrected chi connectivity index (χ1v) is 8.27. The number of amides is 1. The number of nitrogens with two attached hydrogens (primary N) is 1. The Morgan fingerprint density at radius 1 is 1.19 bits per heavy atom. The van der Waals surface area contributed by atoms with Crippen molar-refractivity contribution in [3.63, 3.8) is 0 Å². The van der Waals surface area contributed by atoms with Crippen molar-refractivity contribution < 1.29 is 4.79 Å². The fourth-order valence-electron chi connectivity index (χ4n) is 3.46. The molecule has 1 aromatic rings. The van der Waals surface area contributed by atoms with E-state index in [2.05, 4.69) is 24.0 Å². The number of carbonyl (C=O) groups excluding carboxylic acids is 1. The first kappa shape index (κ1) is 14.6. The lowest BCUT2D eigenvalue weighted by atomic mass is 9.74. The van der Waals surface area contributed by atoms with Gasteiger partial charge in [0, 0.05) is 23.7 Å². The molecule has 2 fully saturated rings. The first-order valence-electron chi connectivity index (χ1n) is 8.27. The van der Waals surface area contributed by atoms with Gasteiger partial charge in [-0.1, -0.05) is 38.3 Å². The average Bonchev–Trinajstić information content (AvgIpc) is 3.34. The average molecular weight is 286 g/mol. The lowest BCUT2D eigenvalue weighted by Gasteiger charge is -2.37. The molecule has 0 atom stereocenters. The fourth-order valence-corrected chi connectivity index (χ4v) is 3.46. The minimum absolute atomic E-state index is 0.159. The molecular weight excluding hydrogens is 260 g/mol. The third-order valence-electron chi connectivity index (χ3n) is 5.05. The number of anilines is 1. The third kappa shape index (κ3) is 2.98. The van der Waals surface area contributed by atoms with Crippen LogP contribution in [0.5, 0.6) is 0 Å². The van der Waals surface area contributed by atoms with Crippen LogP contribution in [0.2, 0.25) is 0 Å². The van der Waals surface area contributed by atoms with Crippen molar-refractivity contribution in [1.29, 1.82) is 0 Å². The molecule has 114 valence electrons. The Labute approximate surface area is 127 Å². The van der Waals surface area contributed by atoms with Gasteiger partial charge in [0.05, 0.1) is 0 Å². The molecule has 0 radical (unpaired) electrons. The van der Waals surface area contributed by atoms with Crippen LogP contribution in [0.1, 0.15) is 57.4 Å². The highest BCUT2D eigenvalue weighted by Gasteiger charge is 2.43. The Bertz CT molecular complexity index is 498. The van der Waals surface area contributed by atoms with Crippen molar-refractivity contribution >= 4 is 11.6 Å². The summed E-state index contributed by atoms with van der Waals surface area (Å²) in [5.74, 6) is 0.338. The zero-order chi connectivity index (χ0) is 14.9. The Morgan fingerprint density at radius 3 is 2.33 bits per heavy atom. The van der Waals surface area contributed by atoms with Gasteiger partial charge in [-0.3, -0.25) is 4.79 Å². The monoisotopic (exact) mass is 286 g/mol. The normalized spacial score (nSPS) is 21.0. The van der Waals surface area contributed by atoms with Gasteiger partial charge in [-0.15, -0.1) is 0 Å². The van der Waals surface area contributed by atoms with E-state index in [1.807, 2.05) is 12.1 Å². The van der Waals surface area contributed by atoms with Gasteiger partial charge in [0.25, 0.3) is 0 Å². The van der Waals surface area contributed by atoms with Crippen LogP contribution in [0.3, 0.4) is 0 Å². The third-order valence-corrected chi connectivity index (χ3v) is 5.05. The van der Waals surface area contributed by atoms with E-state index < -0.39 is 0 Å². The highest BCUT2D eigenvalue weighted by molar-refractivity contribution is 5.98. The number of nitrogens with zero attached hydrogens (tertiary/aromatic N) is 1. The van der Waals surface area contributed by atoms with E-state index in [0.29, 0.717) is 18.5 Å². The summed E-state index contributed by atoms with van der Waals surface area (Å²) in [5, 5.41) is 0. The van der Waals surface area contributed by atoms with Crippen LogP contribution in [-0.4, -0.2) is 11.9 Å². The molecule has 0 spiro atoms. The second-order valence-electron chi connectivity index (χ2n) is 6.90. The SMILES string of the molecule is CC1(C(=O)N(c2ccc(CN)cc2)C2CC2)CCCCC1. The summed E-state index contributed by atoms with van der Waals surface area (Å²) in [7, 11) is 0. The van der Waals surface area contributed by atoms with E-state index in [1.54, 1.807) is 0 Å². The van der Waals surface area contributed by atoms with Gasteiger partial charge >= 0.3 is 0 Å². The standard InChI is InChI=1S/C18H26N2O/c1-18(11-3-2-4-12-18)17(21)20(16-9-10-16)15-7-5-14(13-19)6-8-15/h5-8,16H,2-4,9-13,19H2,1H3. The van der Waals surface area contributed by atoms with Gasteiger partial charge in [-0.25, -0.2) is 0 Å². The maximum Gasteiger partial charge on any atom is 0.233 e. The number of hydrogen-bond acceptors (Lipinski definition) is 2. The van der Waals surface area contributed by atoms with Crippen LogP contribution in [0.25, 0.3) is 0 Å². The van der Waals surface area contributed by atoms with E-state index >= 15 is 0 Å². The molecule has 3 nitrogen and oxygen atoms in total. The van der Waals surface area contributed by atoms with Crippen LogP contribution in [0.4, 0.5) is 5.69 Å². The molecule has 0 heterocycles. The number of carbonyl (C=O) groups is 1. The van der Waals surface area contributed by atoms with Crippen molar-refractivity contribution in [2.75, 3.05) is 4.90 Å². The molecule has 0 bridgehead atoms. The van der Waals surface area contributed by atoms with Gasteiger partial charge < -0.3 is 10.6 Å². The molecule has 3 rings (SSSR count). The Hall–Kier alpha value is -1.35. The van der Waals surface area contributed by atoms with E-state index in [1.165, 1.54) is 19.3 Å². The summed E-state index contributed by atoms with van der Waals surface area (Å²) in [6, 6.07) is 8.62. The highest BCUT2D eigenvalue weighted by atomic mass is 16.2. The summed E-state index contributed by atoms with van der Waals surface area (Å²) in [5.41, 5.74) is 7.67. The summed E-state index contributed by atoms with van der Waals surface area (Å²) in [6.45, 7) is 2.72. The fraction of sp³-hybridized carbons (Fsp3) is 0.611. The molecule has 2 N–H and O–H groups in total. The van der Waals surface area contributed by atoms with Crippen LogP contribution in [0.15, 0.2) is 24.3 Å². The van der Waals surface area contributed by atoms with Crippen LogP contribution in [-0.2, 0) is 11.3 Å². The molecule has 0 aliphatic heterocycles. The number of benzene rings is 1. The van der Waals surface area contributed by atoms with E-state index in [0.717, 1.165) is 36.9 Å². The predicted molar refractivity (Wildman–Crippen MR) is 86.0 cm³/mol. The molecule has 1 amide bonds. The molecule has 2 saturated carbocycles. The van der Waals surface area contributed by atoms with Gasteiger partial charge in [0.1, 0.15) is 0 Å². The van der Waals surface area contributed by atoms with Crippen molar-refractivity contribution in [2.24, 2.45) is 11.1 Å².